The van der Waals surface area contributed by atoms with Crippen molar-refractivity contribution in [3.8, 4) is 0 Å². The maximum Gasteiger partial charge on any atom is 0.222 e. The molecule has 0 saturated carbocycles. The number of rotatable bonds is 8. The van der Waals surface area contributed by atoms with E-state index < -0.39 is 0 Å². The van der Waals surface area contributed by atoms with Gasteiger partial charge in [0.25, 0.3) is 0 Å². The van der Waals surface area contributed by atoms with E-state index in [0.29, 0.717) is 12.1 Å². The molecule has 1 aliphatic rings. The highest BCUT2D eigenvalue weighted by Crippen LogP contribution is 2.16. The number of ether oxygens (including phenoxy) is 1. The Morgan fingerprint density at radius 1 is 1.12 bits per heavy atom. The van der Waals surface area contributed by atoms with Crippen LogP contribution in [-0.2, 0) is 17.8 Å². The highest BCUT2D eigenvalue weighted by atomic mass is 16.5. The van der Waals surface area contributed by atoms with Gasteiger partial charge in [-0.3, -0.25) is 0 Å². The zero-order chi connectivity index (χ0) is 17.3. The molecule has 1 saturated heterocycles. The molecule has 0 aliphatic carbocycles. The van der Waals surface area contributed by atoms with Gasteiger partial charge in [0.2, 0.25) is 5.95 Å². The van der Waals surface area contributed by atoms with E-state index >= 15 is 0 Å². The van der Waals surface area contributed by atoms with Gasteiger partial charge in [-0.25, -0.2) is 9.97 Å². The number of nitrogens with one attached hydrogen (secondary N) is 1. The van der Waals surface area contributed by atoms with Crippen LogP contribution in [0.3, 0.4) is 0 Å². The molecule has 0 radical (unpaired) electrons. The summed E-state index contributed by atoms with van der Waals surface area (Å²) in [4.78, 5) is 11.2. The van der Waals surface area contributed by atoms with Crippen molar-refractivity contribution >= 4 is 5.95 Å². The van der Waals surface area contributed by atoms with E-state index in [2.05, 4.69) is 39.4 Å². The second-order valence-corrected chi connectivity index (χ2v) is 6.77. The first-order chi connectivity index (χ1) is 12.3. The fourth-order valence-corrected chi connectivity index (χ4v) is 3.09. The fourth-order valence-electron chi connectivity index (χ4n) is 3.09. The Hall–Kier alpha value is -1.98. The van der Waals surface area contributed by atoms with Crippen LogP contribution in [0.1, 0.15) is 36.8 Å². The number of hydrogen-bond acceptors (Lipinski definition) is 5. The van der Waals surface area contributed by atoms with Crippen LogP contribution < -0.4 is 5.32 Å². The molecule has 1 aromatic carbocycles. The second-order valence-electron chi connectivity index (χ2n) is 6.77. The first-order valence-electron chi connectivity index (χ1n) is 9.18. The quantitative estimate of drug-likeness (QED) is 0.797. The molecular formula is C20H28N4O. The molecule has 134 valence electrons. The number of aromatic nitrogens is 2. The Labute approximate surface area is 150 Å². The van der Waals surface area contributed by atoms with Crippen molar-refractivity contribution in [2.75, 3.05) is 25.5 Å². The monoisotopic (exact) mass is 340 g/mol. The molecule has 0 spiro atoms. The summed E-state index contributed by atoms with van der Waals surface area (Å²) in [6.07, 6.45) is 9.10. The largest absolute Gasteiger partial charge is 0.378 e. The third kappa shape index (κ3) is 6.11. The van der Waals surface area contributed by atoms with Gasteiger partial charge in [0, 0.05) is 44.2 Å². The molecule has 1 aromatic heterocycles. The Morgan fingerprint density at radius 2 is 1.92 bits per heavy atom. The molecule has 2 aromatic rings. The summed E-state index contributed by atoms with van der Waals surface area (Å²) >= 11 is 0. The first-order valence-corrected chi connectivity index (χ1v) is 9.18. The molecule has 25 heavy (non-hydrogen) atoms. The van der Waals surface area contributed by atoms with Gasteiger partial charge in [-0.15, -0.1) is 0 Å². The lowest BCUT2D eigenvalue weighted by atomic mass is 10.1. The van der Waals surface area contributed by atoms with Gasteiger partial charge >= 0.3 is 0 Å². The smallest absolute Gasteiger partial charge is 0.222 e. The van der Waals surface area contributed by atoms with Crippen LogP contribution in [0, 0.1) is 0 Å². The van der Waals surface area contributed by atoms with E-state index in [4.69, 9.17) is 4.74 Å². The molecule has 5 heteroatoms. The average Bonchev–Trinajstić information content (AvgIpc) is 2.67. The highest BCUT2D eigenvalue weighted by molar-refractivity contribution is 5.27. The molecule has 1 atom stereocenters. The predicted octanol–water partition coefficient (Wildman–Crippen LogP) is 3.48. The normalized spacial score (nSPS) is 17.6. The first kappa shape index (κ1) is 17.8. The van der Waals surface area contributed by atoms with Crippen LogP contribution in [0.5, 0.6) is 0 Å². The van der Waals surface area contributed by atoms with Crippen LogP contribution in [0.15, 0.2) is 42.7 Å². The molecule has 3 rings (SSSR count). The highest BCUT2D eigenvalue weighted by Gasteiger charge is 2.14. The Morgan fingerprint density at radius 3 is 2.64 bits per heavy atom. The van der Waals surface area contributed by atoms with Crippen molar-refractivity contribution in [1.29, 1.82) is 0 Å². The van der Waals surface area contributed by atoms with Crippen molar-refractivity contribution in [2.24, 2.45) is 0 Å². The zero-order valence-corrected chi connectivity index (χ0v) is 15.0. The van der Waals surface area contributed by atoms with Crippen LogP contribution >= 0.6 is 0 Å². The van der Waals surface area contributed by atoms with Crippen molar-refractivity contribution in [2.45, 2.75) is 44.9 Å². The molecule has 0 bridgehead atoms. The van der Waals surface area contributed by atoms with Crippen molar-refractivity contribution in [3.63, 3.8) is 0 Å². The van der Waals surface area contributed by atoms with E-state index in [1.807, 2.05) is 30.6 Å². The third-order valence-corrected chi connectivity index (χ3v) is 4.56. The number of benzene rings is 1. The van der Waals surface area contributed by atoms with E-state index in [9.17, 15) is 0 Å². The second kappa shape index (κ2) is 9.49. The van der Waals surface area contributed by atoms with E-state index in [0.717, 1.165) is 38.2 Å². The summed E-state index contributed by atoms with van der Waals surface area (Å²) in [5.41, 5.74) is 2.36. The maximum atomic E-state index is 5.80. The van der Waals surface area contributed by atoms with Gasteiger partial charge in [-0.2, -0.15) is 0 Å². The van der Waals surface area contributed by atoms with Gasteiger partial charge in [0.05, 0.1) is 6.10 Å². The minimum atomic E-state index is 0.442. The van der Waals surface area contributed by atoms with Crippen LogP contribution in [0.25, 0.3) is 0 Å². The molecule has 2 heterocycles. The number of anilines is 1. The minimum absolute atomic E-state index is 0.442. The van der Waals surface area contributed by atoms with Gasteiger partial charge < -0.3 is 15.0 Å². The summed E-state index contributed by atoms with van der Waals surface area (Å²) in [7, 11) is 2.14. The number of nitrogens with zero attached hydrogens (tertiary/aromatic N) is 3. The Bertz CT molecular complexity index is 611. The van der Waals surface area contributed by atoms with Gasteiger partial charge in [-0.1, -0.05) is 30.3 Å². The molecule has 1 N–H and O–H groups in total. The fraction of sp³-hybridized carbons (Fsp3) is 0.500. The van der Waals surface area contributed by atoms with Gasteiger partial charge in [0.1, 0.15) is 0 Å². The van der Waals surface area contributed by atoms with Gasteiger partial charge in [0.15, 0.2) is 0 Å². The summed E-state index contributed by atoms with van der Waals surface area (Å²) < 4.78 is 5.80. The Balaban J connectivity index is 1.40. The number of hydrogen-bond donors (Lipinski definition) is 1. The van der Waals surface area contributed by atoms with E-state index in [-0.39, 0.29) is 0 Å². The lowest BCUT2D eigenvalue weighted by Crippen LogP contribution is -2.26. The average molecular weight is 340 g/mol. The van der Waals surface area contributed by atoms with Crippen LogP contribution in [0.4, 0.5) is 5.95 Å². The SMILES string of the molecule is CN(CCC1CCCCO1)Cc1cnc(NCc2ccccc2)nc1. The topological polar surface area (TPSA) is 50.3 Å². The van der Waals surface area contributed by atoms with Crippen LogP contribution in [0.2, 0.25) is 0 Å². The summed E-state index contributed by atoms with van der Waals surface area (Å²) in [6.45, 7) is 3.57. The zero-order valence-electron chi connectivity index (χ0n) is 15.0. The van der Waals surface area contributed by atoms with E-state index in [1.54, 1.807) is 0 Å². The molecule has 1 unspecified atom stereocenters. The molecular weight excluding hydrogens is 312 g/mol. The molecule has 1 aliphatic heterocycles. The lowest BCUT2D eigenvalue weighted by molar-refractivity contribution is 0.00640. The van der Waals surface area contributed by atoms with Crippen molar-refractivity contribution in [1.82, 2.24) is 14.9 Å². The Kier molecular flexibility index (Phi) is 6.77. The molecule has 0 amide bonds. The lowest BCUT2D eigenvalue weighted by Gasteiger charge is -2.25. The van der Waals surface area contributed by atoms with Gasteiger partial charge in [-0.05, 0) is 38.3 Å². The summed E-state index contributed by atoms with van der Waals surface area (Å²) in [5, 5.41) is 3.26. The molecule has 1 fully saturated rings. The standard InChI is InChI=1S/C20H28N4O/c1-24(11-10-19-9-5-6-12-25-19)16-18-14-22-20(23-15-18)21-13-17-7-3-2-4-8-17/h2-4,7-8,14-15,19H,5-6,9-13,16H2,1H3,(H,21,22,23). The van der Waals surface area contributed by atoms with E-state index in [1.165, 1.54) is 24.8 Å². The summed E-state index contributed by atoms with van der Waals surface area (Å²) in [6, 6.07) is 10.3. The van der Waals surface area contributed by atoms with Crippen molar-refractivity contribution in [3.05, 3.63) is 53.9 Å². The summed E-state index contributed by atoms with van der Waals surface area (Å²) in [5.74, 6) is 0.672. The molecule has 5 nitrogen and oxygen atoms in total. The van der Waals surface area contributed by atoms with Crippen molar-refractivity contribution < 1.29 is 4.74 Å². The predicted molar refractivity (Wildman–Crippen MR) is 100 cm³/mol. The minimum Gasteiger partial charge on any atom is -0.378 e. The van der Waals surface area contributed by atoms with Crippen LogP contribution in [-0.4, -0.2) is 41.2 Å². The maximum absolute atomic E-state index is 5.80. The third-order valence-electron chi connectivity index (χ3n) is 4.56.